The SMILES string of the molecule is CCC#Cc1nnc2ccc(-c3cnc(OC)c(NS(=O)(=O)c4ccc(F)cc4F)c3)cn12.COc1ncc(-c2ccc3nnc(C#CC(C)C)n3c2)cc1NS(=O)(=O)c1ccc(F)cc1F. The molecule has 0 aliphatic rings. The average molecular weight is 953 g/mol. The van der Waals surface area contributed by atoms with Crippen LogP contribution < -0.4 is 18.9 Å². The fraction of sp³-hybridized carbons (Fsp3) is 0.156. The minimum atomic E-state index is -4.40. The molecule has 6 heterocycles. The van der Waals surface area contributed by atoms with Crippen LogP contribution in [0.5, 0.6) is 11.8 Å². The summed E-state index contributed by atoms with van der Waals surface area (Å²) < 4.78 is 124. The smallest absolute Gasteiger partial charge is 0.264 e. The molecule has 0 saturated heterocycles. The Kier molecular flexibility index (Phi) is 13.7. The number of pyridine rings is 4. The van der Waals surface area contributed by atoms with Crippen LogP contribution in [0.25, 0.3) is 33.5 Å². The third-order valence-corrected chi connectivity index (χ3v) is 12.1. The van der Waals surface area contributed by atoms with Crippen LogP contribution in [0.3, 0.4) is 0 Å². The number of hydrogen-bond acceptors (Lipinski definition) is 12. The van der Waals surface area contributed by atoms with Gasteiger partial charge in [0.25, 0.3) is 20.0 Å². The molecule has 6 aromatic heterocycles. The van der Waals surface area contributed by atoms with Crippen molar-refractivity contribution in [1.82, 2.24) is 39.2 Å². The zero-order valence-corrected chi connectivity index (χ0v) is 37.5. The highest BCUT2D eigenvalue weighted by Gasteiger charge is 2.24. The molecule has 2 N–H and O–H groups in total. The summed E-state index contributed by atoms with van der Waals surface area (Å²) in [6, 6.07) is 14.4. The number of nitrogens with zero attached hydrogens (tertiary/aromatic N) is 8. The normalized spacial score (nSPS) is 11.3. The van der Waals surface area contributed by atoms with Crippen molar-refractivity contribution in [3.8, 4) is 57.7 Å². The Labute approximate surface area is 381 Å². The van der Waals surface area contributed by atoms with E-state index in [9.17, 15) is 34.4 Å². The third kappa shape index (κ3) is 10.6. The fourth-order valence-corrected chi connectivity index (χ4v) is 8.36. The summed E-state index contributed by atoms with van der Waals surface area (Å²) in [6.45, 7) is 5.85. The Balaban J connectivity index is 0.000000199. The lowest BCUT2D eigenvalue weighted by Crippen LogP contribution is -2.16. The largest absolute Gasteiger partial charge is 0.480 e. The summed E-state index contributed by atoms with van der Waals surface area (Å²) in [5.74, 6) is 8.71. The van der Waals surface area contributed by atoms with Crippen molar-refractivity contribution in [3.05, 3.63) is 133 Å². The lowest BCUT2D eigenvalue weighted by atomic mass is 10.1. The van der Waals surface area contributed by atoms with Crippen LogP contribution in [0.4, 0.5) is 28.9 Å². The number of nitrogens with one attached hydrogen (secondary N) is 2. The molecule has 0 fully saturated rings. The fourth-order valence-electron chi connectivity index (χ4n) is 6.15. The monoisotopic (exact) mass is 952 g/mol. The van der Waals surface area contributed by atoms with Gasteiger partial charge in [-0.25, -0.2) is 44.4 Å². The molecule has 0 saturated carbocycles. The van der Waals surface area contributed by atoms with Gasteiger partial charge in [0.1, 0.15) is 44.4 Å². The summed E-state index contributed by atoms with van der Waals surface area (Å²) >= 11 is 0. The van der Waals surface area contributed by atoms with E-state index in [0.29, 0.717) is 63.8 Å². The van der Waals surface area contributed by atoms with Crippen molar-refractivity contribution in [2.24, 2.45) is 5.92 Å². The minimum Gasteiger partial charge on any atom is -0.480 e. The van der Waals surface area contributed by atoms with Crippen molar-refractivity contribution in [2.45, 2.75) is 37.0 Å². The average Bonchev–Trinajstić information content (AvgIpc) is 3.90. The molecule has 2 aromatic carbocycles. The maximum Gasteiger partial charge on any atom is 0.264 e. The first-order chi connectivity index (χ1) is 32.0. The standard InChI is InChI=1S/C23H19F2N5O3S.C22H17F2N5O3S/c1-14(2)4-8-21-27-28-22-9-5-15(13-30(21)22)16-10-19(23(33-3)26-12-16)29-34(31,32)20-7-6-17(24)11-18(20)25;1-3-4-5-20-26-27-21-9-6-14(13-29(20)21)15-10-18(22(32-2)25-12-15)28-33(30,31)19-8-7-16(23)11-17(19)24/h5-7,9-14,29H,1-3H3;6-13,28H,3H2,1-2H3. The summed E-state index contributed by atoms with van der Waals surface area (Å²) in [6.07, 6.45) is 7.16. The number of rotatable bonds is 10. The Morgan fingerprint density at radius 3 is 1.46 bits per heavy atom. The molecule has 0 spiro atoms. The molecule has 0 aliphatic carbocycles. The second-order valence-electron chi connectivity index (χ2n) is 14.3. The summed E-state index contributed by atoms with van der Waals surface area (Å²) in [7, 11) is -6.15. The number of benzene rings is 2. The van der Waals surface area contributed by atoms with Crippen LogP contribution in [0.1, 0.15) is 38.8 Å². The van der Waals surface area contributed by atoms with Crippen LogP contribution >= 0.6 is 0 Å². The molecule has 67 heavy (non-hydrogen) atoms. The van der Waals surface area contributed by atoms with Gasteiger partial charge in [0, 0.05) is 71.5 Å². The molecule has 16 nitrogen and oxygen atoms in total. The van der Waals surface area contributed by atoms with E-state index in [1.807, 2.05) is 20.8 Å². The number of halogens is 4. The predicted octanol–water partition coefficient (Wildman–Crippen LogP) is 7.53. The van der Waals surface area contributed by atoms with Crippen molar-refractivity contribution in [2.75, 3.05) is 23.7 Å². The van der Waals surface area contributed by atoms with Crippen molar-refractivity contribution in [1.29, 1.82) is 0 Å². The number of ether oxygens (including phenoxy) is 2. The molecule has 8 aromatic rings. The number of hydrogen-bond donors (Lipinski definition) is 2. The van der Waals surface area contributed by atoms with E-state index < -0.39 is 53.1 Å². The van der Waals surface area contributed by atoms with Crippen LogP contribution in [0.2, 0.25) is 0 Å². The Hall–Kier alpha value is -8.08. The van der Waals surface area contributed by atoms with Gasteiger partial charge in [-0.1, -0.05) is 32.6 Å². The van der Waals surface area contributed by atoms with Gasteiger partial charge in [-0.05, 0) is 72.5 Å². The van der Waals surface area contributed by atoms with Crippen LogP contribution in [0.15, 0.2) is 107 Å². The molecular weight excluding hydrogens is 917 g/mol. The van der Waals surface area contributed by atoms with Gasteiger partial charge < -0.3 is 9.47 Å². The first kappa shape index (κ1) is 46.9. The second kappa shape index (κ2) is 19.6. The molecule has 342 valence electrons. The summed E-state index contributed by atoms with van der Waals surface area (Å²) in [5, 5.41) is 16.3. The van der Waals surface area contributed by atoms with Gasteiger partial charge in [-0.2, -0.15) is 0 Å². The van der Waals surface area contributed by atoms with Crippen molar-refractivity contribution >= 4 is 42.7 Å². The number of sulfonamides is 2. The first-order valence-corrected chi connectivity index (χ1v) is 22.7. The van der Waals surface area contributed by atoms with E-state index in [1.165, 1.54) is 38.7 Å². The zero-order chi connectivity index (χ0) is 48.0. The van der Waals surface area contributed by atoms with E-state index in [4.69, 9.17) is 9.47 Å². The Bertz CT molecular complexity index is 3550. The topological polar surface area (TPSA) is 197 Å². The number of methoxy groups -OCH3 is 2. The summed E-state index contributed by atoms with van der Waals surface area (Å²) in [4.78, 5) is 6.91. The maximum atomic E-state index is 14.1. The molecule has 0 amide bonds. The number of fused-ring (bicyclic) bond motifs is 2. The Morgan fingerprint density at radius 1 is 0.612 bits per heavy atom. The second-order valence-corrected chi connectivity index (χ2v) is 17.6. The molecular formula is C45H36F4N10O6S2. The first-order valence-electron chi connectivity index (χ1n) is 19.7. The van der Waals surface area contributed by atoms with Gasteiger partial charge in [0.05, 0.1) is 14.2 Å². The number of anilines is 2. The summed E-state index contributed by atoms with van der Waals surface area (Å²) in [5.41, 5.74) is 3.56. The molecule has 0 atom stereocenters. The maximum absolute atomic E-state index is 14.1. The van der Waals surface area contributed by atoms with E-state index in [0.717, 1.165) is 24.3 Å². The molecule has 22 heteroatoms. The van der Waals surface area contributed by atoms with Gasteiger partial charge in [0.15, 0.2) is 11.3 Å². The van der Waals surface area contributed by atoms with E-state index in [-0.39, 0.29) is 29.1 Å². The molecule has 0 aliphatic heterocycles. The highest BCUT2D eigenvalue weighted by atomic mass is 32.2. The van der Waals surface area contributed by atoms with Crippen LogP contribution in [-0.2, 0) is 20.0 Å². The van der Waals surface area contributed by atoms with E-state index in [2.05, 4.69) is 63.5 Å². The predicted molar refractivity (Wildman–Crippen MR) is 239 cm³/mol. The minimum absolute atomic E-state index is 0.0198. The highest BCUT2D eigenvalue weighted by Crippen LogP contribution is 2.33. The quantitative estimate of drug-likeness (QED) is 0.101. The highest BCUT2D eigenvalue weighted by molar-refractivity contribution is 7.93. The lowest BCUT2D eigenvalue weighted by Gasteiger charge is -2.13. The molecule has 0 bridgehead atoms. The Morgan fingerprint density at radius 2 is 1.06 bits per heavy atom. The van der Waals surface area contributed by atoms with Crippen LogP contribution in [-0.4, -0.2) is 70.2 Å². The van der Waals surface area contributed by atoms with Gasteiger partial charge in [-0.15, -0.1) is 20.4 Å². The van der Waals surface area contributed by atoms with E-state index >= 15 is 0 Å². The number of aromatic nitrogens is 8. The van der Waals surface area contributed by atoms with Crippen molar-refractivity contribution in [3.63, 3.8) is 0 Å². The molecule has 0 radical (unpaired) electrons. The lowest BCUT2D eigenvalue weighted by molar-refractivity contribution is 0.400. The molecule has 0 unspecified atom stereocenters. The van der Waals surface area contributed by atoms with E-state index in [1.54, 1.807) is 45.5 Å². The van der Waals surface area contributed by atoms with Crippen molar-refractivity contribution < 1.29 is 43.9 Å². The van der Waals surface area contributed by atoms with Gasteiger partial charge in [0.2, 0.25) is 23.4 Å². The van der Waals surface area contributed by atoms with Crippen LogP contribution in [0, 0.1) is 52.9 Å². The molecule has 8 rings (SSSR count). The zero-order valence-electron chi connectivity index (χ0n) is 35.9. The third-order valence-electron chi connectivity index (χ3n) is 9.27. The van der Waals surface area contributed by atoms with Gasteiger partial charge in [-0.3, -0.25) is 18.2 Å². The van der Waals surface area contributed by atoms with Gasteiger partial charge >= 0.3 is 0 Å².